The van der Waals surface area contributed by atoms with E-state index in [9.17, 15) is 14.4 Å². The van der Waals surface area contributed by atoms with Gasteiger partial charge in [0.2, 0.25) is 0 Å². The molecule has 0 rings (SSSR count). The first-order valence-corrected chi connectivity index (χ1v) is 7.06. The van der Waals surface area contributed by atoms with Crippen LogP contribution < -0.4 is 0 Å². The maximum Gasteiger partial charge on any atom is 0.306 e. The van der Waals surface area contributed by atoms with E-state index in [1.807, 2.05) is 13.8 Å². The molecule has 0 fully saturated rings. The highest BCUT2D eigenvalue weighted by Crippen LogP contribution is 2.21. The van der Waals surface area contributed by atoms with Crippen LogP contribution in [0.5, 0.6) is 0 Å². The molecular weight excluding hydrogens is 276 g/mol. The smallest absolute Gasteiger partial charge is 0.306 e. The third-order valence-corrected chi connectivity index (χ3v) is 3.15. The average molecular weight is 300 g/mol. The van der Waals surface area contributed by atoms with Gasteiger partial charge in [-0.25, -0.2) is 5.53 Å². The van der Waals surface area contributed by atoms with Crippen LogP contribution in [0.25, 0.3) is 0 Å². The van der Waals surface area contributed by atoms with Crippen molar-refractivity contribution in [1.82, 2.24) is 0 Å². The fourth-order valence-electron chi connectivity index (χ4n) is 1.56. The molecule has 0 aliphatic carbocycles. The Kier molecular flexibility index (Phi) is 8.42. The van der Waals surface area contributed by atoms with Crippen molar-refractivity contribution in [1.29, 1.82) is 5.53 Å². The molecule has 0 bridgehead atoms. The topological polar surface area (TPSA) is 106 Å². The Morgan fingerprint density at radius 3 is 2.10 bits per heavy atom. The van der Waals surface area contributed by atoms with Crippen LogP contribution in [-0.2, 0) is 23.9 Å². The highest BCUT2D eigenvalue weighted by molar-refractivity contribution is 5.87. The summed E-state index contributed by atoms with van der Waals surface area (Å²) in [6, 6.07) is 0. The zero-order valence-corrected chi connectivity index (χ0v) is 13.1. The van der Waals surface area contributed by atoms with Crippen molar-refractivity contribution in [2.45, 2.75) is 65.0 Å². The van der Waals surface area contributed by atoms with Gasteiger partial charge in [0.15, 0.2) is 17.4 Å². The van der Waals surface area contributed by atoms with Crippen LogP contribution in [0.3, 0.4) is 0 Å². The second-order valence-corrected chi connectivity index (χ2v) is 4.98. The Hall–Kier alpha value is -1.79. The molecule has 0 aromatic heterocycles. The zero-order valence-electron chi connectivity index (χ0n) is 13.1. The number of Topliss-reactive ketones (excluding diaryl/α,β-unsaturated/α-hetero) is 1. The molecule has 7 nitrogen and oxygen atoms in total. The standard InChI is InChI=1S/C14H24N2O5/c1-5-7-12(18)20-9-11(21-13(19)8-6-2)14(4,16-15)10(3)17/h11,15H,5-9H2,1-4H3. The normalized spacial score (nSPS) is 14.7. The third kappa shape index (κ3) is 6.01. The van der Waals surface area contributed by atoms with Crippen LogP contribution in [0.4, 0.5) is 0 Å². The molecule has 0 heterocycles. The number of carbonyl (C=O) groups is 3. The Bertz CT molecular complexity index is 397. The Morgan fingerprint density at radius 1 is 1.14 bits per heavy atom. The summed E-state index contributed by atoms with van der Waals surface area (Å²) in [6.07, 6.45) is 0.560. The number of nitrogens with zero attached hydrogens (tertiary/aromatic N) is 1. The fraction of sp³-hybridized carbons (Fsp3) is 0.786. The Balaban J connectivity index is 4.99. The SMILES string of the molecule is CCCC(=O)OCC(OC(=O)CCC)C(C)(N=N)C(C)=O. The van der Waals surface area contributed by atoms with Gasteiger partial charge in [-0.15, -0.1) is 0 Å². The van der Waals surface area contributed by atoms with Gasteiger partial charge in [-0.2, -0.15) is 5.11 Å². The number of hydrogen-bond acceptors (Lipinski definition) is 7. The van der Waals surface area contributed by atoms with Crippen LogP contribution in [-0.4, -0.2) is 36.0 Å². The lowest BCUT2D eigenvalue weighted by molar-refractivity contribution is -0.165. The summed E-state index contributed by atoms with van der Waals surface area (Å²) in [5.74, 6) is -1.38. The molecule has 120 valence electrons. The number of carbonyl (C=O) groups excluding carboxylic acids is 3. The van der Waals surface area contributed by atoms with Gasteiger partial charge in [0.05, 0.1) is 0 Å². The summed E-state index contributed by atoms with van der Waals surface area (Å²) < 4.78 is 10.2. The number of esters is 2. The minimum absolute atomic E-state index is 0.186. The fourth-order valence-corrected chi connectivity index (χ4v) is 1.56. The summed E-state index contributed by atoms with van der Waals surface area (Å²) in [4.78, 5) is 34.8. The van der Waals surface area contributed by atoms with Gasteiger partial charge in [0.1, 0.15) is 6.61 Å². The van der Waals surface area contributed by atoms with Crippen molar-refractivity contribution >= 4 is 17.7 Å². The molecule has 0 radical (unpaired) electrons. The predicted molar refractivity (Wildman–Crippen MR) is 74.9 cm³/mol. The van der Waals surface area contributed by atoms with Gasteiger partial charge in [-0.05, 0) is 26.7 Å². The Morgan fingerprint density at radius 2 is 1.67 bits per heavy atom. The molecule has 7 heteroatoms. The van der Waals surface area contributed by atoms with E-state index in [1.165, 1.54) is 13.8 Å². The molecular formula is C14H24N2O5. The van der Waals surface area contributed by atoms with E-state index in [1.54, 1.807) is 0 Å². The molecule has 0 amide bonds. The minimum atomic E-state index is -1.55. The summed E-state index contributed by atoms with van der Waals surface area (Å²) in [6.45, 7) is 6.01. The molecule has 0 aromatic rings. The van der Waals surface area contributed by atoms with Crippen molar-refractivity contribution in [2.75, 3.05) is 6.61 Å². The van der Waals surface area contributed by atoms with Crippen LogP contribution in [0.2, 0.25) is 0 Å². The van der Waals surface area contributed by atoms with Crippen LogP contribution in [0.15, 0.2) is 5.11 Å². The number of ketones is 1. The van der Waals surface area contributed by atoms with Crippen molar-refractivity contribution in [3.05, 3.63) is 0 Å². The molecule has 21 heavy (non-hydrogen) atoms. The molecule has 1 N–H and O–H groups in total. The molecule has 2 atom stereocenters. The summed E-state index contributed by atoms with van der Waals surface area (Å²) >= 11 is 0. The van der Waals surface area contributed by atoms with Crippen LogP contribution in [0.1, 0.15) is 53.4 Å². The molecule has 0 aromatic carbocycles. The molecule has 0 saturated heterocycles. The summed E-state index contributed by atoms with van der Waals surface area (Å²) in [5.41, 5.74) is 5.66. The monoisotopic (exact) mass is 300 g/mol. The number of rotatable bonds is 10. The molecule has 2 unspecified atom stereocenters. The molecule has 0 aliphatic rings. The minimum Gasteiger partial charge on any atom is -0.462 e. The third-order valence-electron chi connectivity index (χ3n) is 3.15. The van der Waals surface area contributed by atoms with Crippen molar-refractivity contribution in [3.63, 3.8) is 0 Å². The van der Waals surface area contributed by atoms with Crippen molar-refractivity contribution < 1.29 is 23.9 Å². The molecule has 0 spiro atoms. The zero-order chi connectivity index (χ0) is 16.5. The van der Waals surface area contributed by atoms with E-state index < -0.39 is 29.4 Å². The van der Waals surface area contributed by atoms with E-state index in [0.29, 0.717) is 12.8 Å². The van der Waals surface area contributed by atoms with Gasteiger partial charge in [0, 0.05) is 12.8 Å². The molecule has 0 saturated carbocycles. The lowest BCUT2D eigenvalue weighted by Gasteiger charge is -2.29. The quantitative estimate of drug-likeness (QED) is 0.492. The Labute approximate surface area is 124 Å². The lowest BCUT2D eigenvalue weighted by atomic mass is 9.91. The maximum atomic E-state index is 11.7. The van der Waals surface area contributed by atoms with Crippen LogP contribution >= 0.6 is 0 Å². The predicted octanol–water partition coefficient (Wildman–Crippen LogP) is 2.42. The van der Waals surface area contributed by atoms with Gasteiger partial charge in [-0.3, -0.25) is 14.4 Å². The first kappa shape index (κ1) is 19.2. The van der Waals surface area contributed by atoms with Crippen molar-refractivity contribution in [2.24, 2.45) is 5.11 Å². The van der Waals surface area contributed by atoms with Crippen molar-refractivity contribution in [3.8, 4) is 0 Å². The molecule has 0 aliphatic heterocycles. The van der Waals surface area contributed by atoms with E-state index >= 15 is 0 Å². The van der Waals surface area contributed by atoms with E-state index in [0.717, 1.165) is 0 Å². The van der Waals surface area contributed by atoms with Gasteiger partial charge in [0.25, 0.3) is 0 Å². The van der Waals surface area contributed by atoms with E-state index in [2.05, 4.69) is 5.11 Å². The van der Waals surface area contributed by atoms with Gasteiger partial charge < -0.3 is 9.47 Å². The highest BCUT2D eigenvalue weighted by Gasteiger charge is 2.42. The largest absolute Gasteiger partial charge is 0.462 e. The number of hydrogen-bond donors (Lipinski definition) is 1. The van der Waals surface area contributed by atoms with Crippen LogP contribution in [0, 0.1) is 5.53 Å². The highest BCUT2D eigenvalue weighted by atomic mass is 16.6. The second-order valence-electron chi connectivity index (χ2n) is 4.98. The van der Waals surface area contributed by atoms with E-state index in [4.69, 9.17) is 15.0 Å². The first-order chi connectivity index (χ1) is 9.81. The van der Waals surface area contributed by atoms with Gasteiger partial charge >= 0.3 is 11.9 Å². The maximum absolute atomic E-state index is 11.7. The average Bonchev–Trinajstić information content (AvgIpc) is 2.42. The number of nitrogens with one attached hydrogen (secondary N) is 1. The summed E-state index contributed by atoms with van der Waals surface area (Å²) in [7, 11) is 0. The number of ether oxygens (including phenoxy) is 2. The summed E-state index contributed by atoms with van der Waals surface area (Å²) in [5, 5.41) is 3.29. The van der Waals surface area contributed by atoms with Gasteiger partial charge in [-0.1, -0.05) is 13.8 Å². The first-order valence-electron chi connectivity index (χ1n) is 7.06. The lowest BCUT2D eigenvalue weighted by Crippen LogP contribution is -2.49. The van der Waals surface area contributed by atoms with E-state index in [-0.39, 0.29) is 19.4 Å². The second kappa shape index (κ2) is 9.20.